The first-order valence-electron chi connectivity index (χ1n) is 1.48. The minimum atomic E-state index is 0.750. The van der Waals surface area contributed by atoms with Crippen LogP contribution in [-0.2, 0) is 4.12 Å². The Hall–Kier alpha value is -0.0662. The minimum absolute atomic E-state index is 0.750. The minimum Gasteiger partial charge on any atom is -0.516 e. The molecule has 0 bridgehead atoms. The van der Waals surface area contributed by atoms with Crippen LogP contribution in [0.1, 0.15) is 0 Å². The predicted molar refractivity (Wildman–Crippen MR) is 33.8 cm³/mol. The second-order valence-corrected chi connectivity index (χ2v) is 3.86. The molecule has 0 radical (unpaired) electrons. The van der Waals surface area contributed by atoms with Gasteiger partial charge in [-0.15, -0.1) is 0 Å². The topological polar surface area (TPSA) is 29.5 Å². The molecule has 1 N–H and O–H groups in total. The summed E-state index contributed by atoms with van der Waals surface area (Å²) in [5.74, 6) is 0. The van der Waals surface area contributed by atoms with Crippen LogP contribution in [0.15, 0.2) is 12.8 Å². The highest BCUT2D eigenvalue weighted by molar-refractivity contribution is 6.15. The summed E-state index contributed by atoms with van der Waals surface area (Å²) in [5.41, 5.74) is 0. The molecule has 0 aliphatic heterocycles. The van der Waals surface area contributed by atoms with Gasteiger partial charge in [0.05, 0.1) is 6.26 Å². The van der Waals surface area contributed by atoms with Crippen molar-refractivity contribution in [2.45, 2.75) is 0 Å². The van der Waals surface area contributed by atoms with E-state index in [0.29, 0.717) is 0 Å². The van der Waals surface area contributed by atoms with E-state index in [-0.39, 0.29) is 0 Å². The average Bonchev–Trinajstić information content (AvgIpc) is 1.39. The van der Waals surface area contributed by atoms with E-state index < -0.39 is 0 Å². The van der Waals surface area contributed by atoms with E-state index in [1.807, 2.05) is 0 Å². The van der Waals surface area contributed by atoms with Crippen LogP contribution in [0.2, 0.25) is 0 Å². The quantitative estimate of drug-likeness (QED) is 0.305. The maximum atomic E-state index is 7.33. The Balaban J connectivity index is 0. The number of hydrogen-bond acceptors (Lipinski definition) is 2. The Morgan fingerprint density at radius 3 is 1.67 bits per heavy atom. The average molecular weight is 122 g/mol. The van der Waals surface area contributed by atoms with Crippen molar-refractivity contribution in [2.75, 3.05) is 0 Å². The second kappa shape index (κ2) is 20.4. The lowest BCUT2D eigenvalue weighted by Gasteiger charge is -1.62. The summed E-state index contributed by atoms with van der Waals surface area (Å²) >= 11 is 0. The molecule has 0 aromatic heterocycles. The maximum Gasteiger partial charge on any atom is 0.129 e. The van der Waals surface area contributed by atoms with E-state index in [9.17, 15) is 0 Å². The lowest BCUT2D eigenvalue weighted by molar-refractivity contribution is 0.476. The molecule has 0 aromatic carbocycles. The van der Waals surface area contributed by atoms with Gasteiger partial charge in [-0.3, -0.25) is 0 Å². The number of aliphatic hydroxyl groups is 1. The zero-order chi connectivity index (χ0) is 5.41. The van der Waals surface area contributed by atoms with Crippen molar-refractivity contribution in [1.29, 1.82) is 0 Å². The van der Waals surface area contributed by atoms with E-state index in [1.54, 1.807) is 0 Å². The molecule has 0 atom stereocenters. The normalized spacial score (nSPS) is 6.00. The first-order chi connectivity index (χ1) is 2.83. The Morgan fingerprint density at radius 2 is 1.67 bits per heavy atom. The van der Waals surface area contributed by atoms with Gasteiger partial charge >= 0.3 is 0 Å². The molecule has 0 aliphatic rings. The van der Waals surface area contributed by atoms with Crippen molar-refractivity contribution in [3.63, 3.8) is 0 Å². The Kier molecular flexibility index (Phi) is 31.8. The summed E-state index contributed by atoms with van der Waals surface area (Å²) in [7, 11) is 1.86. The van der Waals surface area contributed by atoms with Crippen molar-refractivity contribution >= 4 is 21.0 Å². The molecule has 2 nitrogen and oxygen atoms in total. The highest BCUT2D eigenvalue weighted by Crippen LogP contribution is 1.26. The van der Waals surface area contributed by atoms with Crippen LogP contribution >= 0.6 is 0 Å². The van der Waals surface area contributed by atoms with Gasteiger partial charge in [-0.05, 0) is 0 Å². The van der Waals surface area contributed by atoms with E-state index in [1.165, 1.54) is 0 Å². The highest BCUT2D eigenvalue weighted by atomic mass is 28.3. The monoisotopic (exact) mass is 122 g/mol. The molecule has 0 amide bonds. The van der Waals surface area contributed by atoms with Gasteiger partial charge in [-0.2, -0.15) is 0 Å². The third-order valence-corrected chi connectivity index (χ3v) is 0. The molecule has 6 heavy (non-hydrogen) atoms. The van der Waals surface area contributed by atoms with Crippen LogP contribution in [0.5, 0.6) is 0 Å². The van der Waals surface area contributed by atoms with Gasteiger partial charge in [-0.25, -0.2) is 0 Å². The smallest absolute Gasteiger partial charge is 0.129 e. The van der Waals surface area contributed by atoms with Crippen LogP contribution in [0.3, 0.4) is 0 Å². The number of aliphatic hydroxyl groups excluding tert-OH is 1. The fourth-order valence-corrected chi connectivity index (χ4v) is 0. The summed E-state index contributed by atoms with van der Waals surface area (Å²) in [6.07, 6.45) is 0.750. The lowest BCUT2D eigenvalue weighted by atomic mass is 11.2. The van der Waals surface area contributed by atoms with Gasteiger partial charge in [0.1, 0.15) is 21.0 Å². The Labute approximate surface area is 43.9 Å². The SMILES string of the molecule is C=CO.[SiH3]O[SiH3]. The first kappa shape index (κ1) is 9.33. The van der Waals surface area contributed by atoms with Crippen molar-refractivity contribution in [2.24, 2.45) is 0 Å². The number of hydrogen-bond donors (Lipinski definition) is 1. The first-order valence-corrected chi connectivity index (χ1v) is 3.12. The van der Waals surface area contributed by atoms with Gasteiger partial charge in [-0.1, -0.05) is 6.58 Å². The molecule has 0 aliphatic carbocycles. The molecule has 0 heterocycles. The third-order valence-electron chi connectivity index (χ3n) is 0. The molecular weight excluding hydrogens is 112 g/mol. The molecule has 4 heteroatoms. The summed E-state index contributed by atoms with van der Waals surface area (Å²) in [4.78, 5) is 0. The molecule has 0 saturated carbocycles. The third kappa shape index (κ3) is 7720. The maximum absolute atomic E-state index is 7.33. The zero-order valence-electron chi connectivity index (χ0n) is 4.14. The van der Waals surface area contributed by atoms with Crippen LogP contribution in [0.25, 0.3) is 0 Å². The van der Waals surface area contributed by atoms with E-state index in [2.05, 4.69) is 10.7 Å². The van der Waals surface area contributed by atoms with E-state index in [0.717, 1.165) is 27.2 Å². The van der Waals surface area contributed by atoms with Crippen LogP contribution in [0.4, 0.5) is 0 Å². The summed E-state index contributed by atoms with van der Waals surface area (Å²) in [6, 6.07) is 0. The summed E-state index contributed by atoms with van der Waals surface area (Å²) in [6.45, 7) is 2.92. The second-order valence-electron chi connectivity index (χ2n) is 0.591. The van der Waals surface area contributed by atoms with E-state index in [4.69, 9.17) is 5.11 Å². The van der Waals surface area contributed by atoms with E-state index >= 15 is 0 Å². The Morgan fingerprint density at radius 1 is 1.67 bits per heavy atom. The highest BCUT2D eigenvalue weighted by Gasteiger charge is 1.28. The summed E-state index contributed by atoms with van der Waals surface area (Å²) in [5, 5.41) is 7.33. The molecular formula is C2H10O2Si2. The molecule has 0 unspecified atom stereocenters. The van der Waals surface area contributed by atoms with Gasteiger partial charge in [0.25, 0.3) is 0 Å². The fraction of sp³-hybridized carbons (Fsp3) is 0. The molecule has 0 spiro atoms. The fourth-order valence-electron chi connectivity index (χ4n) is 0. The van der Waals surface area contributed by atoms with Gasteiger partial charge in [0.15, 0.2) is 0 Å². The van der Waals surface area contributed by atoms with Crippen molar-refractivity contribution in [3.8, 4) is 0 Å². The molecule has 0 rings (SSSR count). The van der Waals surface area contributed by atoms with Gasteiger partial charge < -0.3 is 9.22 Å². The molecule has 0 saturated heterocycles. The van der Waals surface area contributed by atoms with Crippen LogP contribution < -0.4 is 0 Å². The molecule has 0 fully saturated rings. The largest absolute Gasteiger partial charge is 0.516 e. The van der Waals surface area contributed by atoms with Gasteiger partial charge in [0, 0.05) is 0 Å². The summed E-state index contributed by atoms with van der Waals surface area (Å²) < 4.78 is 4.53. The molecule has 0 aromatic rings. The Bertz CT molecular complexity index is 23.5. The van der Waals surface area contributed by atoms with Gasteiger partial charge in [0.2, 0.25) is 0 Å². The van der Waals surface area contributed by atoms with Crippen molar-refractivity contribution < 1.29 is 9.22 Å². The lowest BCUT2D eigenvalue weighted by Crippen LogP contribution is -1.65. The van der Waals surface area contributed by atoms with Crippen LogP contribution in [0, 0.1) is 0 Å². The predicted octanol–water partition coefficient (Wildman–Crippen LogP) is -1.75. The van der Waals surface area contributed by atoms with Crippen LogP contribution in [-0.4, -0.2) is 26.1 Å². The standard InChI is InChI=1S/C2H4O.H6OSi2/c1-2-3;2-1-3/h2-3H,1H2;2-3H3. The number of rotatable bonds is 0. The molecule has 38 valence electrons. The van der Waals surface area contributed by atoms with Crippen molar-refractivity contribution in [1.82, 2.24) is 0 Å². The van der Waals surface area contributed by atoms with Crippen molar-refractivity contribution in [3.05, 3.63) is 12.8 Å². The zero-order valence-corrected chi connectivity index (χ0v) is 8.14.